The van der Waals surface area contributed by atoms with E-state index >= 15 is 0 Å². The lowest BCUT2D eigenvalue weighted by Gasteiger charge is -2.12. The van der Waals surface area contributed by atoms with Gasteiger partial charge in [-0.3, -0.25) is 0 Å². The predicted molar refractivity (Wildman–Crippen MR) is 105 cm³/mol. The van der Waals surface area contributed by atoms with Gasteiger partial charge in [-0.25, -0.2) is 9.67 Å². The summed E-state index contributed by atoms with van der Waals surface area (Å²) in [4.78, 5) is 4.10. The molecule has 0 fully saturated rings. The molecule has 7 heteroatoms. The molecular formula is C19H13Cl3N4. The molecule has 2 heterocycles. The SMILES string of the molecule is Clc1ccc(-c2c(Cn3ccnc3)cnn2-c2ccc(Cl)cc2Cl)cc1. The molecule has 0 radical (unpaired) electrons. The van der Waals surface area contributed by atoms with Crippen LogP contribution in [0.2, 0.25) is 15.1 Å². The van der Waals surface area contributed by atoms with Crippen LogP contribution in [0.5, 0.6) is 0 Å². The minimum absolute atomic E-state index is 0.532. The van der Waals surface area contributed by atoms with E-state index in [9.17, 15) is 0 Å². The molecule has 0 aliphatic carbocycles. The zero-order chi connectivity index (χ0) is 18.1. The number of benzene rings is 2. The molecule has 0 aliphatic heterocycles. The van der Waals surface area contributed by atoms with Gasteiger partial charge in [-0.15, -0.1) is 0 Å². The van der Waals surface area contributed by atoms with Crippen molar-refractivity contribution in [2.45, 2.75) is 6.54 Å². The third kappa shape index (κ3) is 3.36. The standard InChI is InChI=1S/C19H13Cl3N4/c20-15-3-1-13(2-4-15)19-14(11-25-8-7-23-12-25)10-24-26(19)18-6-5-16(21)9-17(18)22/h1-10,12H,11H2. The van der Waals surface area contributed by atoms with Crippen LogP contribution in [0.1, 0.15) is 5.56 Å². The fourth-order valence-electron chi connectivity index (χ4n) is 2.83. The van der Waals surface area contributed by atoms with Crippen LogP contribution < -0.4 is 0 Å². The van der Waals surface area contributed by atoms with Crippen LogP contribution in [0.4, 0.5) is 0 Å². The van der Waals surface area contributed by atoms with Crippen LogP contribution in [-0.4, -0.2) is 19.3 Å². The monoisotopic (exact) mass is 402 g/mol. The highest BCUT2D eigenvalue weighted by atomic mass is 35.5. The van der Waals surface area contributed by atoms with Crippen LogP contribution in [0.15, 0.2) is 67.4 Å². The molecule has 0 saturated heterocycles. The van der Waals surface area contributed by atoms with E-state index in [-0.39, 0.29) is 0 Å². The summed E-state index contributed by atoms with van der Waals surface area (Å²) in [7, 11) is 0. The topological polar surface area (TPSA) is 35.6 Å². The summed E-state index contributed by atoms with van der Waals surface area (Å²) in [5.41, 5.74) is 3.74. The highest BCUT2D eigenvalue weighted by Crippen LogP contribution is 2.32. The number of halogens is 3. The summed E-state index contributed by atoms with van der Waals surface area (Å²) in [6.07, 6.45) is 7.29. The van der Waals surface area contributed by atoms with Crippen molar-refractivity contribution < 1.29 is 0 Å². The average molecular weight is 404 g/mol. The van der Waals surface area contributed by atoms with Crippen molar-refractivity contribution in [3.63, 3.8) is 0 Å². The van der Waals surface area contributed by atoms with Gasteiger partial charge in [0.25, 0.3) is 0 Å². The highest BCUT2D eigenvalue weighted by molar-refractivity contribution is 6.35. The number of hydrogen-bond acceptors (Lipinski definition) is 2. The van der Waals surface area contributed by atoms with Crippen LogP contribution in [0.3, 0.4) is 0 Å². The van der Waals surface area contributed by atoms with Crippen molar-refractivity contribution in [3.05, 3.63) is 88.0 Å². The van der Waals surface area contributed by atoms with Gasteiger partial charge in [0.2, 0.25) is 0 Å². The summed E-state index contributed by atoms with van der Waals surface area (Å²) >= 11 is 18.5. The quantitative estimate of drug-likeness (QED) is 0.435. The molecule has 0 aliphatic rings. The van der Waals surface area contributed by atoms with Gasteiger partial charge in [-0.2, -0.15) is 5.10 Å². The van der Waals surface area contributed by atoms with E-state index < -0.39 is 0 Å². The molecule has 130 valence electrons. The first-order chi connectivity index (χ1) is 12.6. The van der Waals surface area contributed by atoms with Crippen molar-refractivity contribution in [2.24, 2.45) is 0 Å². The first-order valence-electron chi connectivity index (χ1n) is 7.86. The lowest BCUT2D eigenvalue weighted by molar-refractivity contribution is 0.798. The molecule has 0 spiro atoms. The molecular weight excluding hydrogens is 391 g/mol. The fourth-order valence-corrected chi connectivity index (χ4v) is 3.44. The molecule has 0 bridgehead atoms. The largest absolute Gasteiger partial charge is 0.333 e. The third-order valence-electron chi connectivity index (χ3n) is 4.01. The van der Waals surface area contributed by atoms with Crippen molar-refractivity contribution >= 4 is 34.8 Å². The van der Waals surface area contributed by atoms with E-state index in [1.54, 1.807) is 24.7 Å². The lowest BCUT2D eigenvalue weighted by atomic mass is 10.1. The van der Waals surface area contributed by atoms with Gasteiger partial charge in [0.15, 0.2) is 0 Å². The molecule has 0 atom stereocenters. The Labute approximate surface area is 165 Å². The van der Waals surface area contributed by atoms with E-state index in [1.165, 1.54) is 0 Å². The summed E-state index contributed by atoms with van der Waals surface area (Å²) in [5.74, 6) is 0. The Morgan fingerprint density at radius 3 is 2.38 bits per heavy atom. The average Bonchev–Trinajstić information content (AvgIpc) is 3.26. The molecule has 2 aromatic carbocycles. The molecule has 0 saturated carbocycles. The molecule has 0 amide bonds. The highest BCUT2D eigenvalue weighted by Gasteiger charge is 2.17. The number of hydrogen-bond donors (Lipinski definition) is 0. The second kappa shape index (κ2) is 7.16. The lowest BCUT2D eigenvalue weighted by Crippen LogP contribution is -2.03. The Hall–Kier alpha value is -2.27. The molecule has 4 aromatic rings. The van der Waals surface area contributed by atoms with Crippen LogP contribution >= 0.6 is 34.8 Å². The van der Waals surface area contributed by atoms with Gasteiger partial charge in [-0.05, 0) is 30.3 Å². The maximum absolute atomic E-state index is 6.42. The maximum atomic E-state index is 6.42. The number of aromatic nitrogens is 4. The zero-order valence-electron chi connectivity index (χ0n) is 13.5. The molecule has 4 nitrogen and oxygen atoms in total. The van der Waals surface area contributed by atoms with E-state index in [0.29, 0.717) is 21.6 Å². The van der Waals surface area contributed by atoms with Gasteiger partial charge >= 0.3 is 0 Å². The number of nitrogens with zero attached hydrogens (tertiary/aromatic N) is 4. The predicted octanol–water partition coefficient (Wildman–Crippen LogP) is 5.74. The minimum atomic E-state index is 0.532. The summed E-state index contributed by atoms with van der Waals surface area (Å²) in [6.45, 7) is 0.642. The van der Waals surface area contributed by atoms with Gasteiger partial charge in [0, 0.05) is 33.6 Å². The van der Waals surface area contributed by atoms with Crippen molar-refractivity contribution in [3.8, 4) is 16.9 Å². The molecule has 26 heavy (non-hydrogen) atoms. The molecule has 0 unspecified atom stereocenters. The van der Waals surface area contributed by atoms with E-state index in [1.807, 2.05) is 52.0 Å². The van der Waals surface area contributed by atoms with E-state index in [2.05, 4.69) is 10.1 Å². The Morgan fingerprint density at radius 2 is 1.69 bits per heavy atom. The van der Waals surface area contributed by atoms with Gasteiger partial charge < -0.3 is 4.57 Å². The Balaban J connectivity index is 1.88. The second-order valence-corrected chi connectivity index (χ2v) is 7.05. The second-order valence-electron chi connectivity index (χ2n) is 5.77. The molecule has 2 aromatic heterocycles. The van der Waals surface area contributed by atoms with Crippen molar-refractivity contribution in [1.82, 2.24) is 19.3 Å². The fraction of sp³-hybridized carbons (Fsp3) is 0.0526. The van der Waals surface area contributed by atoms with Crippen LogP contribution in [-0.2, 0) is 6.54 Å². The Kier molecular flexibility index (Phi) is 4.72. The zero-order valence-corrected chi connectivity index (χ0v) is 15.7. The van der Waals surface area contributed by atoms with Crippen LogP contribution in [0.25, 0.3) is 16.9 Å². The van der Waals surface area contributed by atoms with Gasteiger partial charge in [0.1, 0.15) is 0 Å². The first-order valence-corrected chi connectivity index (χ1v) is 8.99. The molecule has 4 rings (SSSR count). The maximum Gasteiger partial charge on any atom is 0.0949 e. The van der Waals surface area contributed by atoms with E-state index in [0.717, 1.165) is 22.5 Å². The van der Waals surface area contributed by atoms with Crippen molar-refractivity contribution in [2.75, 3.05) is 0 Å². The smallest absolute Gasteiger partial charge is 0.0949 e. The van der Waals surface area contributed by atoms with Gasteiger partial charge in [-0.1, -0.05) is 46.9 Å². The van der Waals surface area contributed by atoms with Gasteiger partial charge in [0.05, 0.1) is 35.5 Å². The molecule has 0 N–H and O–H groups in total. The van der Waals surface area contributed by atoms with E-state index in [4.69, 9.17) is 34.8 Å². The minimum Gasteiger partial charge on any atom is -0.333 e. The number of imidazole rings is 1. The Bertz CT molecular complexity index is 1040. The first kappa shape index (κ1) is 17.2. The van der Waals surface area contributed by atoms with Crippen LogP contribution in [0, 0.1) is 0 Å². The summed E-state index contributed by atoms with van der Waals surface area (Å²) < 4.78 is 3.82. The third-order valence-corrected chi connectivity index (χ3v) is 4.80. The number of rotatable bonds is 4. The summed E-state index contributed by atoms with van der Waals surface area (Å²) in [6, 6.07) is 13.0. The normalized spacial score (nSPS) is 11.0. The summed E-state index contributed by atoms with van der Waals surface area (Å²) in [5, 5.41) is 6.37. The Morgan fingerprint density at radius 1 is 0.923 bits per heavy atom. The van der Waals surface area contributed by atoms with Crippen molar-refractivity contribution in [1.29, 1.82) is 0 Å².